The van der Waals surface area contributed by atoms with E-state index in [1.807, 2.05) is 6.20 Å². The summed E-state index contributed by atoms with van der Waals surface area (Å²) in [6, 6.07) is 0. The van der Waals surface area contributed by atoms with Crippen LogP contribution in [0.3, 0.4) is 0 Å². The maximum Gasteiger partial charge on any atom is 0.222 e. The maximum atomic E-state index is 5.79. The molecule has 0 radical (unpaired) electrons. The fourth-order valence-corrected chi connectivity index (χ4v) is 2.84. The molecular formula is C10H11ClN2. The molecule has 2 bridgehead atoms. The molecule has 4 rings (SSSR count). The molecule has 0 saturated heterocycles. The average Bonchev–Trinajstić information content (AvgIpc) is 2.19. The minimum Gasteiger partial charge on any atom is -0.226 e. The first-order chi connectivity index (χ1) is 6.34. The lowest BCUT2D eigenvalue weighted by Crippen LogP contribution is -2.23. The SMILES string of the molecule is Clc1ncc2c(n1)C1CCC2CC1. The molecule has 13 heavy (non-hydrogen) atoms. The molecule has 0 amide bonds. The van der Waals surface area contributed by atoms with E-state index in [1.54, 1.807) is 0 Å². The second kappa shape index (κ2) is 2.68. The van der Waals surface area contributed by atoms with E-state index in [-0.39, 0.29) is 0 Å². The van der Waals surface area contributed by atoms with Crippen molar-refractivity contribution >= 4 is 11.6 Å². The average molecular weight is 195 g/mol. The van der Waals surface area contributed by atoms with Gasteiger partial charge in [0.25, 0.3) is 0 Å². The van der Waals surface area contributed by atoms with Crippen LogP contribution >= 0.6 is 11.6 Å². The van der Waals surface area contributed by atoms with Gasteiger partial charge in [-0.1, -0.05) is 0 Å². The summed E-state index contributed by atoms with van der Waals surface area (Å²) in [4.78, 5) is 8.42. The Morgan fingerprint density at radius 3 is 2.62 bits per heavy atom. The summed E-state index contributed by atoms with van der Waals surface area (Å²) >= 11 is 5.79. The molecule has 0 atom stereocenters. The predicted molar refractivity (Wildman–Crippen MR) is 51.0 cm³/mol. The van der Waals surface area contributed by atoms with Gasteiger partial charge in [0.1, 0.15) is 0 Å². The highest BCUT2D eigenvalue weighted by Crippen LogP contribution is 2.48. The lowest BCUT2D eigenvalue weighted by atomic mass is 9.70. The van der Waals surface area contributed by atoms with Crippen molar-refractivity contribution in [2.24, 2.45) is 0 Å². The fraction of sp³-hybridized carbons (Fsp3) is 0.600. The monoisotopic (exact) mass is 194 g/mol. The van der Waals surface area contributed by atoms with Gasteiger partial charge >= 0.3 is 0 Å². The summed E-state index contributed by atoms with van der Waals surface area (Å²) in [5.74, 6) is 1.39. The first kappa shape index (κ1) is 7.74. The van der Waals surface area contributed by atoms with Crippen molar-refractivity contribution in [3.63, 3.8) is 0 Å². The zero-order valence-electron chi connectivity index (χ0n) is 7.33. The van der Waals surface area contributed by atoms with Gasteiger partial charge in [0.05, 0.1) is 5.69 Å². The molecule has 3 aliphatic rings. The van der Waals surface area contributed by atoms with Crippen molar-refractivity contribution < 1.29 is 0 Å². The number of aromatic nitrogens is 2. The molecule has 1 heterocycles. The van der Waals surface area contributed by atoms with Gasteiger partial charge in [0.15, 0.2) is 0 Å². The molecule has 0 spiro atoms. The van der Waals surface area contributed by atoms with Gasteiger partial charge in [-0.2, -0.15) is 0 Å². The van der Waals surface area contributed by atoms with Crippen molar-refractivity contribution in [3.8, 4) is 0 Å². The van der Waals surface area contributed by atoms with Crippen molar-refractivity contribution in [1.82, 2.24) is 9.97 Å². The van der Waals surface area contributed by atoms with Gasteiger partial charge < -0.3 is 0 Å². The molecule has 0 aliphatic heterocycles. The van der Waals surface area contributed by atoms with Crippen LogP contribution in [0, 0.1) is 0 Å². The van der Waals surface area contributed by atoms with E-state index in [0.717, 1.165) is 5.92 Å². The molecule has 1 fully saturated rings. The normalized spacial score (nSPS) is 30.2. The lowest BCUT2D eigenvalue weighted by molar-refractivity contribution is 0.349. The molecule has 2 nitrogen and oxygen atoms in total. The van der Waals surface area contributed by atoms with E-state index in [4.69, 9.17) is 11.6 Å². The molecule has 3 heteroatoms. The lowest BCUT2D eigenvalue weighted by Gasteiger charge is -2.36. The van der Waals surface area contributed by atoms with Gasteiger partial charge in [0, 0.05) is 12.1 Å². The Hall–Kier alpha value is -0.630. The van der Waals surface area contributed by atoms with Gasteiger partial charge in [-0.25, -0.2) is 9.97 Å². The Balaban J connectivity index is 2.18. The molecule has 1 saturated carbocycles. The second-order valence-electron chi connectivity index (χ2n) is 4.03. The van der Waals surface area contributed by atoms with Gasteiger partial charge in [-0.15, -0.1) is 0 Å². The first-order valence-electron chi connectivity index (χ1n) is 4.87. The Labute approximate surface area is 82.4 Å². The van der Waals surface area contributed by atoms with Crippen molar-refractivity contribution in [2.75, 3.05) is 0 Å². The van der Waals surface area contributed by atoms with E-state index < -0.39 is 0 Å². The maximum absolute atomic E-state index is 5.79. The highest BCUT2D eigenvalue weighted by Gasteiger charge is 2.34. The topological polar surface area (TPSA) is 25.8 Å². The van der Waals surface area contributed by atoms with Crippen LogP contribution in [0.15, 0.2) is 6.20 Å². The van der Waals surface area contributed by atoms with Crippen LogP contribution in [0.1, 0.15) is 48.8 Å². The van der Waals surface area contributed by atoms with E-state index in [1.165, 1.54) is 36.9 Å². The van der Waals surface area contributed by atoms with Crippen molar-refractivity contribution in [1.29, 1.82) is 0 Å². The Morgan fingerprint density at radius 1 is 1.15 bits per heavy atom. The van der Waals surface area contributed by atoms with Crippen LogP contribution in [-0.4, -0.2) is 9.97 Å². The van der Waals surface area contributed by atoms with Crippen LogP contribution < -0.4 is 0 Å². The molecule has 1 aromatic heterocycles. The fourth-order valence-electron chi connectivity index (χ4n) is 2.70. The van der Waals surface area contributed by atoms with E-state index in [0.29, 0.717) is 11.2 Å². The molecule has 1 aromatic rings. The Bertz CT molecular complexity index is 343. The third-order valence-corrected chi connectivity index (χ3v) is 3.55. The highest BCUT2D eigenvalue weighted by molar-refractivity contribution is 6.28. The minimum atomic E-state index is 0.409. The molecule has 0 unspecified atom stereocenters. The summed E-state index contributed by atoms with van der Waals surface area (Å²) in [6.45, 7) is 0. The van der Waals surface area contributed by atoms with Crippen LogP contribution in [0.5, 0.6) is 0 Å². The second-order valence-corrected chi connectivity index (χ2v) is 4.37. The number of rotatable bonds is 0. The zero-order chi connectivity index (χ0) is 8.84. The molecular weight excluding hydrogens is 184 g/mol. The number of fused-ring (bicyclic) bond motifs is 2. The van der Waals surface area contributed by atoms with E-state index in [2.05, 4.69) is 9.97 Å². The predicted octanol–water partition coefficient (Wildman–Crippen LogP) is 2.88. The standard InChI is InChI=1S/C10H11ClN2/c11-10-12-5-8-6-1-3-7(4-2-6)9(8)13-10/h5-7H,1-4H2. The Morgan fingerprint density at radius 2 is 1.85 bits per heavy atom. The largest absolute Gasteiger partial charge is 0.226 e. The van der Waals surface area contributed by atoms with Crippen LogP contribution in [0.4, 0.5) is 0 Å². The third-order valence-electron chi connectivity index (χ3n) is 3.37. The van der Waals surface area contributed by atoms with E-state index >= 15 is 0 Å². The molecule has 3 aliphatic carbocycles. The molecule has 0 aromatic carbocycles. The van der Waals surface area contributed by atoms with Gasteiger partial charge in [0.2, 0.25) is 5.28 Å². The number of hydrogen-bond donors (Lipinski definition) is 0. The zero-order valence-corrected chi connectivity index (χ0v) is 8.09. The smallest absolute Gasteiger partial charge is 0.222 e. The quantitative estimate of drug-likeness (QED) is 0.594. The highest BCUT2D eigenvalue weighted by atomic mass is 35.5. The summed E-state index contributed by atoms with van der Waals surface area (Å²) in [7, 11) is 0. The minimum absolute atomic E-state index is 0.409. The molecule has 68 valence electrons. The van der Waals surface area contributed by atoms with Gasteiger partial charge in [-0.3, -0.25) is 0 Å². The Kier molecular flexibility index (Phi) is 1.59. The number of hydrogen-bond acceptors (Lipinski definition) is 2. The third kappa shape index (κ3) is 1.08. The van der Waals surface area contributed by atoms with Crippen LogP contribution in [0.25, 0.3) is 0 Å². The number of halogens is 1. The summed E-state index contributed by atoms with van der Waals surface area (Å²) in [5, 5.41) is 0.409. The molecule has 0 N–H and O–H groups in total. The van der Waals surface area contributed by atoms with Crippen LogP contribution in [-0.2, 0) is 0 Å². The summed E-state index contributed by atoms with van der Waals surface area (Å²) < 4.78 is 0. The summed E-state index contributed by atoms with van der Waals surface area (Å²) in [5.41, 5.74) is 2.61. The van der Waals surface area contributed by atoms with Crippen molar-refractivity contribution in [2.45, 2.75) is 37.5 Å². The van der Waals surface area contributed by atoms with Gasteiger partial charge in [-0.05, 0) is 48.8 Å². The van der Waals surface area contributed by atoms with E-state index in [9.17, 15) is 0 Å². The van der Waals surface area contributed by atoms with Crippen molar-refractivity contribution in [3.05, 3.63) is 22.7 Å². The number of nitrogens with zero attached hydrogens (tertiary/aromatic N) is 2. The summed E-state index contributed by atoms with van der Waals surface area (Å²) in [6.07, 6.45) is 7.17. The first-order valence-corrected chi connectivity index (χ1v) is 5.24. The van der Waals surface area contributed by atoms with Crippen LogP contribution in [0.2, 0.25) is 5.28 Å².